The lowest BCUT2D eigenvalue weighted by Crippen LogP contribution is -2.37. The highest BCUT2D eigenvalue weighted by molar-refractivity contribution is 7.91. The van der Waals surface area contributed by atoms with Crippen LogP contribution in [0.2, 0.25) is 0 Å². The number of rotatable bonds is 11. The minimum Gasteiger partial charge on any atom is -0.383 e. The van der Waals surface area contributed by atoms with Gasteiger partial charge >= 0.3 is 0 Å². The van der Waals surface area contributed by atoms with E-state index < -0.39 is 36.8 Å². The third-order valence-corrected chi connectivity index (χ3v) is 8.72. The van der Waals surface area contributed by atoms with Gasteiger partial charge in [-0.1, -0.05) is 18.2 Å². The zero-order valence-corrected chi connectivity index (χ0v) is 23.0. The van der Waals surface area contributed by atoms with Crippen molar-refractivity contribution in [3.05, 3.63) is 53.0 Å². The molecule has 0 aliphatic rings. The topological polar surface area (TPSA) is 166 Å². The van der Waals surface area contributed by atoms with E-state index in [0.29, 0.717) is 28.9 Å². The Balaban J connectivity index is 1.84. The first-order chi connectivity index (χ1) is 17.3. The molecule has 2 aromatic carbocycles. The van der Waals surface area contributed by atoms with Crippen LogP contribution < -0.4 is 10.5 Å². The summed E-state index contributed by atoms with van der Waals surface area (Å²) >= 11 is 1.06. The van der Waals surface area contributed by atoms with E-state index in [1.807, 2.05) is 24.3 Å². The van der Waals surface area contributed by atoms with E-state index >= 15 is 0 Å². The molecule has 2 amide bonds. The van der Waals surface area contributed by atoms with Gasteiger partial charge in [-0.15, -0.1) is 11.3 Å². The summed E-state index contributed by atoms with van der Waals surface area (Å²) in [5.74, 6) is -1.52. The zero-order chi connectivity index (χ0) is 27.4. The molecule has 0 fully saturated rings. The fraction of sp³-hybridized carbons (Fsp3) is 0.348. The number of sulfonamides is 1. The molecule has 0 bridgehead atoms. The third-order valence-electron chi connectivity index (χ3n) is 5.42. The van der Waals surface area contributed by atoms with E-state index in [2.05, 4.69) is 10.3 Å². The molecule has 3 rings (SSSR count). The number of hydrogen-bond acceptors (Lipinski definition) is 9. The molecule has 1 atom stereocenters. The average molecular weight is 569 g/mol. The third kappa shape index (κ3) is 7.55. The Hall–Kier alpha value is -2.91. The smallest absolute Gasteiger partial charge is 0.253 e. The lowest BCUT2D eigenvalue weighted by Gasteiger charge is -2.16. The molecular formula is C23H28N4O7S3. The number of nitrogens with two attached hydrogens (primary N) is 1. The first-order valence-electron chi connectivity index (χ1n) is 11.0. The van der Waals surface area contributed by atoms with Crippen LogP contribution in [-0.4, -0.2) is 84.4 Å². The summed E-state index contributed by atoms with van der Waals surface area (Å²) in [5.41, 5.74) is 2.71. The Bertz CT molecular complexity index is 1500. The number of thiazole rings is 1. The average Bonchev–Trinajstić information content (AvgIpc) is 3.22. The van der Waals surface area contributed by atoms with Crippen molar-refractivity contribution in [3.8, 4) is 11.1 Å². The summed E-state index contributed by atoms with van der Waals surface area (Å²) in [5, 5.41) is 5.72. The van der Waals surface area contributed by atoms with Crippen LogP contribution in [0.3, 0.4) is 0 Å². The molecule has 200 valence electrons. The maximum Gasteiger partial charge on any atom is 0.253 e. The summed E-state index contributed by atoms with van der Waals surface area (Å²) in [4.78, 5) is 31.1. The Labute approximate surface area is 219 Å². The lowest BCUT2D eigenvalue weighted by molar-refractivity contribution is -0.120. The second kappa shape index (κ2) is 11.6. The normalized spacial score (nSPS) is 12.9. The fourth-order valence-electron chi connectivity index (χ4n) is 3.49. The molecule has 1 aromatic heterocycles. The first-order valence-corrected chi connectivity index (χ1v) is 15.5. The van der Waals surface area contributed by atoms with Crippen molar-refractivity contribution < 1.29 is 31.2 Å². The van der Waals surface area contributed by atoms with E-state index in [-0.39, 0.29) is 17.5 Å². The number of likely N-dealkylation sites (N-methyl/N-ethyl adjacent to an activating group) is 1. The van der Waals surface area contributed by atoms with Gasteiger partial charge in [0.25, 0.3) is 5.91 Å². The number of hydrogen-bond donors (Lipinski definition) is 2. The molecule has 0 radical (unpaired) electrons. The van der Waals surface area contributed by atoms with E-state index in [4.69, 9.17) is 9.88 Å². The van der Waals surface area contributed by atoms with Gasteiger partial charge in [-0.3, -0.25) is 9.59 Å². The molecule has 0 saturated heterocycles. The Morgan fingerprint density at radius 3 is 2.35 bits per heavy atom. The monoisotopic (exact) mass is 568 g/mol. The minimum absolute atomic E-state index is 0.0720. The van der Waals surface area contributed by atoms with Gasteiger partial charge < -0.3 is 15.0 Å². The highest BCUT2D eigenvalue weighted by Crippen LogP contribution is 2.33. The summed E-state index contributed by atoms with van der Waals surface area (Å²) in [6, 6.07) is 12.5. The second-order valence-electron chi connectivity index (χ2n) is 8.40. The summed E-state index contributed by atoms with van der Waals surface area (Å²) in [7, 11) is -4.45. The SMILES string of the molecule is COCCN(C)C(=O)c1ccc(-c2ccc3nc(C(C(=O)NCCS(N)(=O)=O)S(C)(=O)=O)sc3c2)cc1. The summed E-state index contributed by atoms with van der Waals surface area (Å²) < 4.78 is 52.7. The van der Waals surface area contributed by atoms with Gasteiger partial charge in [0, 0.05) is 39.1 Å². The number of aromatic nitrogens is 1. The molecule has 11 nitrogen and oxygen atoms in total. The number of carbonyl (C=O) groups excluding carboxylic acids is 2. The molecule has 3 aromatic rings. The van der Waals surface area contributed by atoms with Crippen LogP contribution >= 0.6 is 11.3 Å². The minimum atomic E-state index is -3.91. The molecule has 0 aliphatic heterocycles. The van der Waals surface area contributed by atoms with Gasteiger partial charge in [0.1, 0.15) is 5.01 Å². The molecule has 0 saturated carbocycles. The largest absolute Gasteiger partial charge is 0.383 e. The number of primary sulfonamides is 1. The molecule has 3 N–H and O–H groups in total. The number of nitrogens with one attached hydrogen (secondary N) is 1. The predicted octanol–water partition coefficient (Wildman–Crippen LogP) is 1.17. The Morgan fingerprint density at radius 2 is 1.76 bits per heavy atom. The van der Waals surface area contributed by atoms with E-state index in [0.717, 1.165) is 28.7 Å². The molecule has 1 heterocycles. The summed E-state index contributed by atoms with van der Waals surface area (Å²) in [6.07, 6.45) is 0.921. The van der Waals surface area contributed by atoms with Gasteiger partial charge in [-0.25, -0.2) is 27.0 Å². The van der Waals surface area contributed by atoms with Crippen LogP contribution in [0.5, 0.6) is 0 Å². The number of benzene rings is 2. The lowest BCUT2D eigenvalue weighted by atomic mass is 10.0. The van der Waals surface area contributed by atoms with E-state index in [9.17, 15) is 26.4 Å². The number of fused-ring (bicyclic) bond motifs is 1. The Morgan fingerprint density at radius 1 is 1.11 bits per heavy atom. The van der Waals surface area contributed by atoms with Crippen LogP contribution in [0.15, 0.2) is 42.5 Å². The number of carbonyl (C=O) groups is 2. The number of sulfone groups is 1. The first kappa shape index (κ1) is 28.7. The number of methoxy groups -OCH3 is 1. The van der Waals surface area contributed by atoms with Gasteiger partial charge in [0.15, 0.2) is 15.1 Å². The molecule has 14 heteroatoms. The standard InChI is InChI=1S/C23H28N4O7S3/c1-27(11-12-34-2)23(29)16-6-4-15(5-7-16)17-8-9-18-19(14-17)35-22(26-18)20(36(3,30)31)21(28)25-10-13-37(24,32)33/h4-9,14,20H,10-13H2,1-3H3,(H,25,28)(H2,24,32,33). The van der Waals surface area contributed by atoms with Crippen molar-refractivity contribution >= 4 is 53.2 Å². The molecule has 37 heavy (non-hydrogen) atoms. The van der Waals surface area contributed by atoms with E-state index in [1.54, 1.807) is 37.3 Å². The maximum atomic E-state index is 12.6. The molecule has 1 unspecified atom stereocenters. The van der Waals surface area contributed by atoms with E-state index in [1.165, 1.54) is 0 Å². The fourth-order valence-corrected chi connectivity index (χ4v) is 6.42. The van der Waals surface area contributed by atoms with Crippen molar-refractivity contribution in [2.75, 3.05) is 45.9 Å². The highest BCUT2D eigenvalue weighted by atomic mass is 32.2. The van der Waals surface area contributed by atoms with Crippen molar-refractivity contribution in [2.24, 2.45) is 5.14 Å². The van der Waals surface area contributed by atoms with Gasteiger partial charge in [-0.2, -0.15) is 0 Å². The van der Waals surface area contributed by atoms with Crippen molar-refractivity contribution in [3.63, 3.8) is 0 Å². The van der Waals surface area contributed by atoms with Crippen LogP contribution in [0.4, 0.5) is 0 Å². The van der Waals surface area contributed by atoms with Crippen molar-refractivity contribution in [1.29, 1.82) is 0 Å². The molecular weight excluding hydrogens is 540 g/mol. The van der Waals surface area contributed by atoms with Gasteiger partial charge in [0.05, 0.1) is 22.6 Å². The molecule has 0 aliphatic carbocycles. The van der Waals surface area contributed by atoms with Crippen LogP contribution in [-0.2, 0) is 29.4 Å². The van der Waals surface area contributed by atoms with Gasteiger partial charge in [-0.05, 0) is 35.4 Å². The molecule has 0 spiro atoms. The van der Waals surface area contributed by atoms with Crippen molar-refractivity contribution in [2.45, 2.75) is 5.25 Å². The number of amides is 2. The van der Waals surface area contributed by atoms with Gasteiger partial charge in [0.2, 0.25) is 15.9 Å². The predicted molar refractivity (Wildman–Crippen MR) is 142 cm³/mol. The number of ether oxygens (including phenoxy) is 1. The maximum absolute atomic E-state index is 12.6. The zero-order valence-electron chi connectivity index (χ0n) is 20.5. The summed E-state index contributed by atoms with van der Waals surface area (Å²) in [6.45, 7) is 0.591. The van der Waals surface area contributed by atoms with Crippen LogP contribution in [0, 0.1) is 0 Å². The quantitative estimate of drug-likeness (QED) is 0.348. The van der Waals surface area contributed by atoms with Crippen molar-refractivity contribution in [1.82, 2.24) is 15.2 Å². The van der Waals surface area contributed by atoms with Crippen LogP contribution in [0.1, 0.15) is 20.6 Å². The second-order valence-corrected chi connectivity index (χ2v) is 13.3. The highest BCUT2D eigenvalue weighted by Gasteiger charge is 2.34. The van der Waals surface area contributed by atoms with Crippen LogP contribution in [0.25, 0.3) is 21.3 Å². The number of nitrogens with zero attached hydrogens (tertiary/aromatic N) is 2. The Kier molecular flexibility index (Phi) is 9.02.